The zero-order chi connectivity index (χ0) is 23.2. The van der Waals surface area contributed by atoms with Crippen LogP contribution in [0.5, 0.6) is 5.75 Å². The van der Waals surface area contributed by atoms with E-state index in [4.69, 9.17) is 4.74 Å². The van der Waals surface area contributed by atoms with Crippen molar-refractivity contribution in [2.45, 2.75) is 25.1 Å². The molecule has 0 aliphatic heterocycles. The zero-order valence-corrected chi connectivity index (χ0v) is 16.6. The van der Waals surface area contributed by atoms with E-state index in [-0.39, 0.29) is 24.3 Å². The van der Waals surface area contributed by atoms with Gasteiger partial charge in [0.15, 0.2) is 0 Å². The van der Waals surface area contributed by atoms with Crippen LogP contribution >= 0.6 is 0 Å². The van der Waals surface area contributed by atoms with Crippen LogP contribution in [0.1, 0.15) is 16.7 Å². The number of methoxy groups -OCH3 is 2. The topological polar surface area (TPSA) is 108 Å². The number of carbonyl (C=O) groups excluding carboxylic acids is 2. The number of rotatable bonds is 8. The van der Waals surface area contributed by atoms with E-state index < -0.39 is 34.6 Å². The first kappa shape index (κ1) is 23.6. The van der Waals surface area contributed by atoms with Gasteiger partial charge in [-0.15, -0.1) is 0 Å². The van der Waals surface area contributed by atoms with Crippen LogP contribution in [0.2, 0.25) is 0 Å². The molecule has 0 aromatic heterocycles. The van der Waals surface area contributed by atoms with Gasteiger partial charge in [-0.05, 0) is 23.8 Å². The van der Waals surface area contributed by atoms with Gasteiger partial charge in [-0.3, -0.25) is 14.9 Å². The van der Waals surface area contributed by atoms with Crippen LogP contribution in [0.25, 0.3) is 0 Å². The van der Waals surface area contributed by atoms with Crippen LogP contribution in [-0.2, 0) is 33.3 Å². The summed E-state index contributed by atoms with van der Waals surface area (Å²) in [4.78, 5) is 34.9. The molecule has 0 radical (unpaired) electrons. The van der Waals surface area contributed by atoms with Gasteiger partial charge in [-0.2, -0.15) is 13.2 Å². The van der Waals surface area contributed by atoms with Crippen molar-refractivity contribution in [3.63, 3.8) is 0 Å². The highest BCUT2D eigenvalue weighted by atomic mass is 19.4. The number of benzene rings is 2. The number of non-ortho nitro benzene ring substituents is 1. The maximum Gasteiger partial charge on any atom is 0.416 e. The van der Waals surface area contributed by atoms with Crippen LogP contribution in [-0.4, -0.2) is 37.1 Å². The van der Waals surface area contributed by atoms with Crippen molar-refractivity contribution in [2.75, 3.05) is 14.2 Å². The molecule has 0 bridgehead atoms. The highest BCUT2D eigenvalue weighted by Gasteiger charge is 2.30. The van der Waals surface area contributed by atoms with Gasteiger partial charge in [-0.25, -0.2) is 4.79 Å². The van der Waals surface area contributed by atoms with Crippen molar-refractivity contribution in [3.8, 4) is 5.75 Å². The highest BCUT2D eigenvalue weighted by molar-refractivity contribution is 5.86. The monoisotopic (exact) mass is 440 g/mol. The summed E-state index contributed by atoms with van der Waals surface area (Å²) in [6.45, 7) is 0. The first-order chi connectivity index (χ1) is 14.5. The van der Waals surface area contributed by atoms with Crippen molar-refractivity contribution < 1.29 is 37.2 Å². The van der Waals surface area contributed by atoms with Gasteiger partial charge in [0.2, 0.25) is 5.91 Å². The molecule has 0 unspecified atom stereocenters. The maximum absolute atomic E-state index is 12.6. The zero-order valence-electron chi connectivity index (χ0n) is 16.6. The molecular weight excluding hydrogens is 421 g/mol. The third-order valence-corrected chi connectivity index (χ3v) is 4.37. The molecule has 2 aromatic rings. The SMILES string of the molecule is COC(=O)[C@@H](Cc1cc([N+](=O)[O-])ccc1OC)NC(=O)Cc1ccc(C(F)(F)F)cc1. The quantitative estimate of drug-likeness (QED) is 0.384. The second-order valence-electron chi connectivity index (χ2n) is 6.47. The summed E-state index contributed by atoms with van der Waals surface area (Å²) in [5.74, 6) is -1.16. The lowest BCUT2D eigenvalue weighted by Crippen LogP contribution is -2.43. The lowest BCUT2D eigenvalue weighted by atomic mass is 10.0. The van der Waals surface area contributed by atoms with Crippen LogP contribution in [0.4, 0.5) is 18.9 Å². The number of esters is 1. The number of halogens is 3. The maximum atomic E-state index is 12.6. The average molecular weight is 440 g/mol. The molecule has 2 aromatic carbocycles. The Kier molecular flexibility index (Phi) is 7.56. The van der Waals surface area contributed by atoms with Crippen LogP contribution in [0, 0.1) is 10.1 Å². The number of hydrogen-bond donors (Lipinski definition) is 1. The number of carbonyl (C=O) groups is 2. The Morgan fingerprint density at radius 1 is 1.13 bits per heavy atom. The fourth-order valence-electron chi connectivity index (χ4n) is 2.84. The lowest BCUT2D eigenvalue weighted by Gasteiger charge is -2.18. The molecule has 0 aliphatic carbocycles. The molecule has 166 valence electrons. The molecule has 1 atom stereocenters. The van der Waals surface area contributed by atoms with Gasteiger partial charge in [0.25, 0.3) is 5.69 Å². The molecule has 1 amide bonds. The lowest BCUT2D eigenvalue weighted by molar-refractivity contribution is -0.384. The molecular formula is C20H19F3N2O6. The minimum Gasteiger partial charge on any atom is -0.496 e. The van der Waals surface area contributed by atoms with Gasteiger partial charge >= 0.3 is 12.1 Å². The van der Waals surface area contributed by atoms with Crippen molar-refractivity contribution in [1.29, 1.82) is 0 Å². The molecule has 0 saturated heterocycles. The molecule has 0 fully saturated rings. The van der Waals surface area contributed by atoms with E-state index in [1.165, 1.54) is 37.4 Å². The molecule has 0 aliphatic rings. The Balaban J connectivity index is 2.17. The Labute approximate surface area is 175 Å². The summed E-state index contributed by atoms with van der Waals surface area (Å²) >= 11 is 0. The molecule has 31 heavy (non-hydrogen) atoms. The van der Waals surface area contributed by atoms with Gasteiger partial charge in [0.1, 0.15) is 11.8 Å². The minimum atomic E-state index is -4.49. The third kappa shape index (κ3) is 6.43. The van der Waals surface area contributed by atoms with E-state index in [9.17, 15) is 32.9 Å². The number of nitrogens with one attached hydrogen (secondary N) is 1. The number of nitro groups is 1. The summed E-state index contributed by atoms with van der Waals surface area (Å²) in [5.41, 5.74) is -0.471. The Hall–Kier alpha value is -3.63. The first-order valence-corrected chi connectivity index (χ1v) is 8.89. The number of nitro benzene ring substituents is 1. The van der Waals surface area contributed by atoms with Crippen LogP contribution in [0.15, 0.2) is 42.5 Å². The van der Waals surface area contributed by atoms with Crippen LogP contribution < -0.4 is 10.1 Å². The van der Waals surface area contributed by atoms with Crippen molar-refractivity contribution >= 4 is 17.6 Å². The standard InChI is InChI=1S/C20H19F3N2O6/c1-30-17-8-7-15(25(28)29)10-13(17)11-16(19(27)31-2)24-18(26)9-12-3-5-14(6-4-12)20(21,22)23/h3-8,10,16H,9,11H2,1-2H3,(H,24,26)/t16-/m1/s1. The fourth-order valence-corrected chi connectivity index (χ4v) is 2.84. The Morgan fingerprint density at radius 3 is 2.29 bits per heavy atom. The van der Waals surface area contributed by atoms with Gasteiger partial charge in [0.05, 0.1) is 31.1 Å². The second kappa shape index (κ2) is 9.92. The molecule has 2 rings (SSSR count). The number of nitrogens with zero attached hydrogens (tertiary/aromatic N) is 1. The van der Waals surface area contributed by atoms with Crippen molar-refractivity contribution in [2.24, 2.45) is 0 Å². The normalized spacial score (nSPS) is 12.0. The average Bonchev–Trinajstić information content (AvgIpc) is 2.72. The van der Waals surface area contributed by atoms with E-state index in [1.54, 1.807) is 0 Å². The molecule has 11 heteroatoms. The van der Waals surface area contributed by atoms with Gasteiger partial charge < -0.3 is 14.8 Å². The molecule has 0 saturated carbocycles. The van der Waals surface area contributed by atoms with Crippen molar-refractivity contribution in [3.05, 3.63) is 69.3 Å². The van der Waals surface area contributed by atoms with Gasteiger partial charge in [-0.1, -0.05) is 12.1 Å². The van der Waals surface area contributed by atoms with Crippen LogP contribution in [0.3, 0.4) is 0 Å². The predicted octanol–water partition coefficient (Wildman–Crippen LogP) is 3.07. The second-order valence-corrected chi connectivity index (χ2v) is 6.47. The number of hydrogen-bond acceptors (Lipinski definition) is 6. The van der Waals surface area contributed by atoms with E-state index in [0.717, 1.165) is 19.2 Å². The smallest absolute Gasteiger partial charge is 0.416 e. The summed E-state index contributed by atoms with van der Waals surface area (Å²) in [6, 6.07) is 6.67. The Bertz CT molecular complexity index is 960. The molecule has 0 heterocycles. The fraction of sp³-hybridized carbons (Fsp3) is 0.300. The summed E-state index contributed by atoms with van der Waals surface area (Å²) in [7, 11) is 2.46. The number of amides is 1. The number of ether oxygens (including phenoxy) is 2. The predicted molar refractivity (Wildman–Crippen MR) is 102 cm³/mol. The third-order valence-electron chi connectivity index (χ3n) is 4.37. The molecule has 8 nitrogen and oxygen atoms in total. The minimum absolute atomic E-state index is 0.156. The summed E-state index contributed by atoms with van der Waals surface area (Å²) in [5, 5.41) is 13.5. The van der Waals surface area contributed by atoms with E-state index in [2.05, 4.69) is 10.1 Å². The molecule has 1 N–H and O–H groups in total. The van der Waals surface area contributed by atoms with Crippen molar-refractivity contribution in [1.82, 2.24) is 5.32 Å². The highest BCUT2D eigenvalue weighted by Crippen LogP contribution is 2.29. The summed E-state index contributed by atoms with van der Waals surface area (Å²) in [6.07, 6.45) is -4.93. The van der Waals surface area contributed by atoms with Gasteiger partial charge in [0, 0.05) is 24.1 Å². The van der Waals surface area contributed by atoms with E-state index >= 15 is 0 Å². The first-order valence-electron chi connectivity index (χ1n) is 8.89. The van der Waals surface area contributed by atoms with E-state index in [1.807, 2.05) is 0 Å². The number of alkyl halides is 3. The van der Waals surface area contributed by atoms with E-state index in [0.29, 0.717) is 11.1 Å². The Morgan fingerprint density at radius 2 is 1.77 bits per heavy atom. The summed E-state index contributed by atoms with van der Waals surface area (Å²) < 4.78 is 47.8. The largest absolute Gasteiger partial charge is 0.496 e. The molecule has 0 spiro atoms.